The molecule has 0 radical (unpaired) electrons. The summed E-state index contributed by atoms with van der Waals surface area (Å²) < 4.78 is 25.5. The van der Waals surface area contributed by atoms with Crippen LogP contribution in [0.1, 0.15) is 25.5 Å². The monoisotopic (exact) mass is 527 g/mol. The Labute approximate surface area is 220 Å². The molecule has 1 aliphatic heterocycles. The van der Waals surface area contributed by atoms with Crippen molar-refractivity contribution >= 4 is 11.9 Å². The number of nitrogens with zero attached hydrogens (tertiary/aromatic N) is 4. The number of imidazole rings is 1. The zero-order chi connectivity index (χ0) is 27.1. The molecule has 38 heavy (non-hydrogen) atoms. The minimum atomic E-state index is -0.874. The van der Waals surface area contributed by atoms with Crippen LogP contribution in [0.25, 0.3) is 22.6 Å². The number of hydrogen-bond acceptors (Lipinski definition) is 9. The number of aromatic amines is 1. The minimum absolute atomic E-state index is 0.00323. The van der Waals surface area contributed by atoms with Gasteiger partial charge in [-0.3, -0.25) is 4.79 Å². The number of likely N-dealkylation sites (N-methyl/N-ethyl adjacent to an activating group) is 1. The Balaban J connectivity index is 1.57. The van der Waals surface area contributed by atoms with Crippen molar-refractivity contribution in [1.82, 2.24) is 30.2 Å². The summed E-state index contributed by atoms with van der Waals surface area (Å²) in [5, 5.41) is 15.0. The summed E-state index contributed by atoms with van der Waals surface area (Å²) in [6.07, 6.45) is 1.30. The third-order valence-electron chi connectivity index (χ3n) is 6.09. The molecule has 1 saturated heterocycles. The minimum Gasteiger partial charge on any atom is -0.396 e. The molecule has 0 aliphatic carbocycles. The number of carbonyl (C=O) groups is 1. The van der Waals surface area contributed by atoms with Gasteiger partial charge in [0.1, 0.15) is 5.82 Å². The lowest BCUT2D eigenvalue weighted by molar-refractivity contribution is -0.231. The third-order valence-corrected chi connectivity index (χ3v) is 6.09. The Morgan fingerprint density at radius 1 is 1.18 bits per heavy atom. The van der Waals surface area contributed by atoms with Gasteiger partial charge in [0, 0.05) is 38.0 Å². The molecule has 0 saturated carbocycles. The molecule has 11 nitrogen and oxygen atoms in total. The van der Waals surface area contributed by atoms with Crippen molar-refractivity contribution in [2.24, 2.45) is 5.41 Å². The predicted octanol–water partition coefficient (Wildman–Crippen LogP) is 2.20. The first-order valence-corrected chi connectivity index (χ1v) is 12.5. The maximum Gasteiger partial charge on any atom is 0.230 e. The highest BCUT2D eigenvalue weighted by molar-refractivity contribution is 5.82. The molecule has 1 aromatic carbocycles. The van der Waals surface area contributed by atoms with Crippen LogP contribution < -0.4 is 10.6 Å². The Hall–Kier alpha value is -3.45. The van der Waals surface area contributed by atoms with Gasteiger partial charge in [0.05, 0.1) is 35.7 Å². The normalized spacial score (nSPS) is 19.5. The number of aromatic nitrogens is 4. The molecule has 0 spiro atoms. The van der Waals surface area contributed by atoms with Gasteiger partial charge in [-0.05, 0) is 57.8 Å². The predicted molar refractivity (Wildman–Crippen MR) is 140 cm³/mol. The van der Waals surface area contributed by atoms with Crippen molar-refractivity contribution in [3.63, 3.8) is 0 Å². The largest absolute Gasteiger partial charge is 0.396 e. The molecule has 0 unspecified atom stereocenters. The van der Waals surface area contributed by atoms with Crippen molar-refractivity contribution in [3.05, 3.63) is 48.2 Å². The van der Waals surface area contributed by atoms with Crippen molar-refractivity contribution in [2.45, 2.75) is 19.6 Å². The quantitative estimate of drug-likeness (QED) is 0.277. The van der Waals surface area contributed by atoms with E-state index in [0.29, 0.717) is 53.9 Å². The number of amides is 1. The zero-order valence-corrected chi connectivity index (χ0v) is 21.8. The van der Waals surface area contributed by atoms with Crippen LogP contribution in [0, 0.1) is 11.2 Å². The lowest BCUT2D eigenvalue weighted by Gasteiger charge is -2.35. The van der Waals surface area contributed by atoms with Gasteiger partial charge in [0.25, 0.3) is 0 Å². The number of rotatable bonds is 11. The summed E-state index contributed by atoms with van der Waals surface area (Å²) in [5.74, 6) is 0.323. The average molecular weight is 528 g/mol. The number of aliphatic hydroxyl groups is 1. The summed E-state index contributed by atoms with van der Waals surface area (Å²) in [5.41, 5.74) is 1.57. The second-order valence-electron chi connectivity index (χ2n) is 9.70. The average Bonchev–Trinajstić information content (AvgIpc) is 3.35. The van der Waals surface area contributed by atoms with Crippen LogP contribution in [0.2, 0.25) is 0 Å². The van der Waals surface area contributed by atoms with E-state index in [2.05, 4.69) is 30.5 Å². The Kier molecular flexibility index (Phi) is 9.00. The Bertz CT molecular complexity index is 1210. The lowest BCUT2D eigenvalue weighted by atomic mass is 9.91. The summed E-state index contributed by atoms with van der Waals surface area (Å²) in [6.45, 7) is 3.88. The fourth-order valence-electron chi connectivity index (χ4n) is 3.87. The fourth-order valence-corrected chi connectivity index (χ4v) is 3.87. The van der Waals surface area contributed by atoms with E-state index in [4.69, 9.17) is 19.6 Å². The fraction of sp³-hybridized carbons (Fsp3) is 0.462. The first kappa shape index (κ1) is 27.6. The van der Waals surface area contributed by atoms with Crippen LogP contribution in [-0.4, -0.2) is 89.4 Å². The summed E-state index contributed by atoms with van der Waals surface area (Å²) in [6, 6.07) is 7.79. The number of carbonyl (C=O) groups excluding carboxylic acids is 1. The molecule has 12 heteroatoms. The van der Waals surface area contributed by atoms with Crippen LogP contribution in [0.3, 0.4) is 0 Å². The molecule has 3 heterocycles. The topological polar surface area (TPSA) is 138 Å². The van der Waals surface area contributed by atoms with Gasteiger partial charge in [-0.25, -0.2) is 19.3 Å². The highest BCUT2D eigenvalue weighted by Crippen LogP contribution is 2.35. The molecule has 4 N–H and O–H groups in total. The molecule has 1 amide bonds. The van der Waals surface area contributed by atoms with Gasteiger partial charge in [0.15, 0.2) is 5.82 Å². The second kappa shape index (κ2) is 12.4. The summed E-state index contributed by atoms with van der Waals surface area (Å²) in [7, 11) is 3.98. The van der Waals surface area contributed by atoms with Crippen LogP contribution in [0.4, 0.5) is 10.3 Å². The van der Waals surface area contributed by atoms with Gasteiger partial charge >= 0.3 is 0 Å². The second-order valence-corrected chi connectivity index (χ2v) is 9.70. The molecular weight excluding hydrogens is 493 g/mol. The number of benzene rings is 1. The SMILES string of the molecule is CN(C)CCNc1nccc(-c2[nH]c(C3OCC(C)(C(=O)NCCCO)CO3)nc2-c2ccc(F)cc2)n1. The molecular formula is C26H34FN7O4. The van der Waals surface area contributed by atoms with Crippen LogP contribution in [0.5, 0.6) is 0 Å². The molecule has 0 atom stereocenters. The highest BCUT2D eigenvalue weighted by atomic mass is 19.1. The Morgan fingerprint density at radius 2 is 1.92 bits per heavy atom. The molecule has 1 aliphatic rings. The highest BCUT2D eigenvalue weighted by Gasteiger charge is 2.40. The van der Waals surface area contributed by atoms with E-state index >= 15 is 0 Å². The number of aliphatic hydroxyl groups excluding tert-OH is 1. The van der Waals surface area contributed by atoms with E-state index < -0.39 is 11.7 Å². The number of ether oxygens (including phenoxy) is 2. The molecule has 2 aromatic heterocycles. The van der Waals surface area contributed by atoms with E-state index in [1.54, 1.807) is 31.3 Å². The van der Waals surface area contributed by atoms with Crippen LogP contribution in [-0.2, 0) is 14.3 Å². The zero-order valence-electron chi connectivity index (χ0n) is 21.8. The standard InChI is InChI=1S/C26H34FN7O4/c1-26(24(36)28-10-4-14-35)15-37-23(38-16-26)22-32-20(17-5-7-18(27)8-6-17)21(33-22)19-9-11-29-25(31-19)30-12-13-34(2)3/h5-9,11,23,35H,4,10,12-16H2,1-3H3,(H,28,36)(H,32,33)(H,29,30,31). The van der Waals surface area contributed by atoms with Crippen LogP contribution >= 0.6 is 0 Å². The van der Waals surface area contributed by atoms with E-state index in [1.807, 2.05) is 14.1 Å². The van der Waals surface area contributed by atoms with Gasteiger partial charge in [-0.15, -0.1) is 0 Å². The maximum atomic E-state index is 13.6. The first-order valence-electron chi connectivity index (χ1n) is 12.5. The van der Waals surface area contributed by atoms with Crippen molar-refractivity contribution < 1.29 is 23.8 Å². The Morgan fingerprint density at radius 3 is 2.61 bits per heavy atom. The molecule has 3 aromatic rings. The van der Waals surface area contributed by atoms with Gasteiger partial charge in [-0.2, -0.15) is 0 Å². The number of halogens is 1. The lowest BCUT2D eigenvalue weighted by Crippen LogP contribution is -2.48. The molecule has 0 bridgehead atoms. The van der Waals surface area contributed by atoms with E-state index in [9.17, 15) is 9.18 Å². The summed E-state index contributed by atoms with van der Waals surface area (Å²) >= 11 is 0. The van der Waals surface area contributed by atoms with Crippen molar-refractivity contribution in [3.8, 4) is 22.6 Å². The van der Waals surface area contributed by atoms with Crippen molar-refractivity contribution in [1.29, 1.82) is 0 Å². The van der Waals surface area contributed by atoms with Gasteiger partial charge in [0.2, 0.25) is 18.1 Å². The number of nitrogens with one attached hydrogen (secondary N) is 3. The van der Waals surface area contributed by atoms with E-state index in [1.165, 1.54) is 12.1 Å². The number of hydrogen-bond donors (Lipinski definition) is 4. The van der Waals surface area contributed by atoms with Gasteiger partial charge in [-0.1, -0.05) is 0 Å². The third kappa shape index (κ3) is 6.70. The van der Waals surface area contributed by atoms with E-state index in [-0.39, 0.29) is 31.5 Å². The number of H-pyrrole nitrogens is 1. The molecule has 204 valence electrons. The maximum absolute atomic E-state index is 13.6. The van der Waals surface area contributed by atoms with Gasteiger partial charge < -0.3 is 35.1 Å². The first-order chi connectivity index (χ1) is 18.3. The molecule has 4 rings (SSSR count). The van der Waals surface area contributed by atoms with Crippen molar-refractivity contribution in [2.75, 3.05) is 58.9 Å². The molecule has 1 fully saturated rings. The van der Waals surface area contributed by atoms with E-state index in [0.717, 1.165) is 6.54 Å². The smallest absolute Gasteiger partial charge is 0.230 e. The van der Waals surface area contributed by atoms with Crippen LogP contribution in [0.15, 0.2) is 36.5 Å². The number of anilines is 1. The summed E-state index contributed by atoms with van der Waals surface area (Å²) in [4.78, 5) is 31.6.